The summed E-state index contributed by atoms with van der Waals surface area (Å²) in [4.78, 5) is 0. The number of benzene rings is 2. The lowest BCUT2D eigenvalue weighted by molar-refractivity contribution is 0.501. The molecule has 142 valence electrons. The zero-order valence-electron chi connectivity index (χ0n) is 13.1. The predicted molar refractivity (Wildman–Crippen MR) is 91.6 cm³/mol. The van der Waals surface area contributed by atoms with E-state index in [0.717, 1.165) is 5.69 Å². The molecule has 0 atom stereocenters. The van der Waals surface area contributed by atoms with Crippen LogP contribution in [-0.2, 0) is 20.8 Å². The van der Waals surface area contributed by atoms with Crippen molar-refractivity contribution in [1.29, 1.82) is 0 Å². The highest BCUT2D eigenvalue weighted by Gasteiger charge is 2.05. The van der Waals surface area contributed by atoms with E-state index in [1.165, 1.54) is 0 Å². The van der Waals surface area contributed by atoms with E-state index in [2.05, 4.69) is 15.5 Å². The van der Waals surface area contributed by atoms with Crippen LogP contribution in [0.25, 0.3) is 0 Å². The average Bonchev–Trinajstić information content (AvgIpc) is 2.52. The minimum Gasteiger partial charge on any atom is -0.384 e. The Morgan fingerprint density at radius 3 is 1.69 bits per heavy atom. The first-order valence-electron chi connectivity index (χ1n) is 6.90. The van der Waals surface area contributed by atoms with Crippen molar-refractivity contribution in [2.24, 2.45) is 10.2 Å². The lowest BCUT2D eigenvalue weighted by Gasteiger charge is -2.04. The van der Waals surface area contributed by atoms with Gasteiger partial charge >= 0.3 is 20.8 Å². The molecule has 0 aromatic heterocycles. The molecule has 0 spiro atoms. The number of rotatable bonds is 6. The Labute approximate surface area is 149 Å². The minimum absolute atomic E-state index is 0.0176. The van der Waals surface area contributed by atoms with Crippen molar-refractivity contribution in [1.82, 2.24) is 0 Å². The lowest BCUT2D eigenvalue weighted by Crippen LogP contribution is -2.11. The van der Waals surface area contributed by atoms with E-state index < -0.39 is 26.6 Å². The van der Waals surface area contributed by atoms with Crippen LogP contribution in [0.4, 0.5) is 28.7 Å². The van der Waals surface area contributed by atoms with Crippen LogP contribution in [0.5, 0.6) is 0 Å². The van der Waals surface area contributed by atoms with Crippen LogP contribution in [0, 0.1) is 0 Å². The second-order valence-electron chi connectivity index (χ2n) is 4.63. The number of hydrogen-bond donors (Lipinski definition) is 1. The molecule has 0 amide bonds. The van der Waals surface area contributed by atoms with Crippen LogP contribution in [0.2, 0.25) is 0 Å². The van der Waals surface area contributed by atoms with Crippen molar-refractivity contribution in [2.75, 3.05) is 17.6 Å². The highest BCUT2D eigenvalue weighted by atomic mass is 32.3. The molecule has 26 heavy (non-hydrogen) atoms. The van der Waals surface area contributed by atoms with Crippen LogP contribution in [0.15, 0.2) is 64.8 Å². The van der Waals surface area contributed by atoms with Gasteiger partial charge in [0, 0.05) is 12.2 Å². The summed E-state index contributed by atoms with van der Waals surface area (Å²) in [6.45, 7) is 0.0176. The molecule has 0 fully saturated rings. The van der Waals surface area contributed by atoms with Gasteiger partial charge in [0.1, 0.15) is 0 Å². The number of nitrogens with zero attached hydrogens (tertiary/aromatic N) is 2. The standard InChI is InChI=1S/C14H14FN3O2S.F2O2S/c15-21(19,20)11-10-16-12-6-8-14(9-7-12)18-17-13-4-2-1-3-5-13;1-5(2,3)4/h1-9,16H,10-11H2;. The van der Waals surface area contributed by atoms with Crippen molar-refractivity contribution in [2.45, 2.75) is 0 Å². The van der Waals surface area contributed by atoms with E-state index in [1.54, 1.807) is 24.3 Å². The molecule has 12 heteroatoms. The molecule has 0 unspecified atom stereocenters. The summed E-state index contributed by atoms with van der Waals surface area (Å²) in [6, 6.07) is 16.3. The fourth-order valence-corrected chi connectivity index (χ4v) is 1.92. The number of hydrogen-bond acceptors (Lipinski definition) is 7. The maximum Gasteiger partial charge on any atom is 0.476 e. The van der Waals surface area contributed by atoms with Gasteiger partial charge in [0.2, 0.25) is 0 Å². The summed E-state index contributed by atoms with van der Waals surface area (Å²) >= 11 is 0. The van der Waals surface area contributed by atoms with Crippen LogP contribution < -0.4 is 5.32 Å². The van der Waals surface area contributed by atoms with Crippen molar-refractivity contribution in [3.8, 4) is 0 Å². The van der Waals surface area contributed by atoms with Crippen LogP contribution in [0.1, 0.15) is 0 Å². The molecule has 0 saturated carbocycles. The Balaban J connectivity index is 0.000000597. The molecule has 0 heterocycles. The summed E-state index contributed by atoms with van der Waals surface area (Å²) in [5.41, 5.74) is 2.12. The number of halogens is 3. The number of anilines is 1. The monoisotopic (exact) mass is 409 g/mol. The molecule has 0 aliphatic heterocycles. The highest BCUT2D eigenvalue weighted by molar-refractivity contribution is 7.86. The Hall–Kier alpha value is -2.47. The summed E-state index contributed by atoms with van der Waals surface area (Å²) in [6.07, 6.45) is 0. The highest BCUT2D eigenvalue weighted by Crippen LogP contribution is 2.19. The van der Waals surface area contributed by atoms with E-state index >= 15 is 0 Å². The van der Waals surface area contributed by atoms with Crippen LogP contribution in [0.3, 0.4) is 0 Å². The normalized spacial score (nSPS) is 11.7. The van der Waals surface area contributed by atoms with Gasteiger partial charge in [-0.2, -0.15) is 27.1 Å². The summed E-state index contributed by atoms with van der Waals surface area (Å²) < 4.78 is 69.6. The quantitative estimate of drug-likeness (QED) is 0.574. The van der Waals surface area contributed by atoms with Gasteiger partial charge in [-0.25, -0.2) is 0 Å². The van der Waals surface area contributed by atoms with Crippen molar-refractivity contribution in [3.05, 3.63) is 54.6 Å². The van der Waals surface area contributed by atoms with Crippen LogP contribution in [-0.4, -0.2) is 29.1 Å². The fourth-order valence-electron chi connectivity index (χ4n) is 1.57. The molecule has 0 radical (unpaired) electrons. The molecule has 0 aliphatic rings. The van der Waals surface area contributed by atoms with Gasteiger partial charge in [-0.1, -0.05) is 26.0 Å². The summed E-state index contributed by atoms with van der Waals surface area (Å²) in [5, 5.41) is 11.0. The Morgan fingerprint density at radius 1 is 0.769 bits per heavy atom. The first kappa shape index (κ1) is 21.6. The molecule has 2 aromatic rings. The van der Waals surface area contributed by atoms with Gasteiger partial charge in [0.25, 0.3) is 0 Å². The first-order chi connectivity index (χ1) is 12.0. The van der Waals surface area contributed by atoms with Crippen molar-refractivity contribution < 1.29 is 28.5 Å². The van der Waals surface area contributed by atoms with Crippen molar-refractivity contribution in [3.63, 3.8) is 0 Å². The summed E-state index contributed by atoms with van der Waals surface area (Å²) in [5.74, 6) is -0.553. The molecule has 2 rings (SSSR count). The van der Waals surface area contributed by atoms with Gasteiger partial charge in [-0.3, -0.25) is 0 Å². The molecule has 1 N–H and O–H groups in total. The largest absolute Gasteiger partial charge is 0.476 e. The van der Waals surface area contributed by atoms with Crippen LogP contribution >= 0.6 is 0 Å². The minimum atomic E-state index is -5.67. The molecule has 0 saturated heterocycles. The second kappa shape index (κ2) is 9.87. The zero-order valence-corrected chi connectivity index (χ0v) is 14.7. The molecular weight excluding hydrogens is 395 g/mol. The smallest absolute Gasteiger partial charge is 0.384 e. The van der Waals surface area contributed by atoms with Crippen molar-refractivity contribution >= 4 is 37.9 Å². The van der Waals surface area contributed by atoms with E-state index in [4.69, 9.17) is 8.42 Å². The molecule has 7 nitrogen and oxygen atoms in total. The third-order valence-electron chi connectivity index (χ3n) is 2.58. The predicted octanol–water partition coefficient (Wildman–Crippen LogP) is 3.98. The van der Waals surface area contributed by atoms with Gasteiger partial charge in [-0.05, 0) is 36.4 Å². The summed E-state index contributed by atoms with van der Waals surface area (Å²) in [7, 11) is -10.1. The third kappa shape index (κ3) is 12.0. The topological polar surface area (TPSA) is 105 Å². The first-order valence-corrected chi connectivity index (χ1v) is 9.74. The second-order valence-corrected chi connectivity index (χ2v) is 6.87. The van der Waals surface area contributed by atoms with E-state index in [9.17, 15) is 20.1 Å². The SMILES string of the molecule is O=S(=O)(F)CCNc1ccc(N=Nc2ccccc2)cc1.O=S(=O)(F)F. The van der Waals surface area contributed by atoms with Gasteiger partial charge < -0.3 is 5.32 Å². The molecule has 0 aliphatic carbocycles. The van der Waals surface area contributed by atoms with E-state index in [0.29, 0.717) is 11.4 Å². The third-order valence-corrected chi connectivity index (χ3v) is 3.27. The fraction of sp³-hybridized carbons (Fsp3) is 0.143. The van der Waals surface area contributed by atoms with Gasteiger partial charge in [0.15, 0.2) is 0 Å². The Kier molecular flexibility index (Phi) is 8.19. The molecular formula is C14H14F3N3O4S2. The van der Waals surface area contributed by atoms with Gasteiger partial charge in [0.05, 0.1) is 17.1 Å². The maximum atomic E-state index is 12.3. The average molecular weight is 409 g/mol. The number of nitrogens with one attached hydrogen (secondary N) is 1. The van der Waals surface area contributed by atoms with E-state index in [-0.39, 0.29) is 6.54 Å². The lowest BCUT2D eigenvalue weighted by atomic mass is 10.3. The molecule has 0 bridgehead atoms. The Morgan fingerprint density at radius 2 is 1.23 bits per heavy atom. The maximum absolute atomic E-state index is 12.3. The zero-order chi connectivity index (χ0) is 19.6. The van der Waals surface area contributed by atoms with E-state index in [1.807, 2.05) is 30.3 Å². The Bertz CT molecular complexity index is 912. The number of azo groups is 1. The molecule has 2 aromatic carbocycles. The van der Waals surface area contributed by atoms with Gasteiger partial charge in [-0.15, -0.1) is 3.89 Å².